The number of nitrogens with zero attached hydrogens (tertiary/aromatic N) is 3. The van der Waals surface area contributed by atoms with E-state index in [9.17, 15) is 18.0 Å². The van der Waals surface area contributed by atoms with Gasteiger partial charge >= 0.3 is 6.18 Å². The van der Waals surface area contributed by atoms with Gasteiger partial charge in [0.1, 0.15) is 5.82 Å². The maximum atomic E-state index is 12.5. The first kappa shape index (κ1) is 14.2. The number of hydrogen-bond donors (Lipinski definition) is 0. The van der Waals surface area contributed by atoms with Gasteiger partial charge in [0.15, 0.2) is 0 Å². The predicted octanol–water partition coefficient (Wildman–Crippen LogP) is 2.16. The maximum absolute atomic E-state index is 12.5. The van der Waals surface area contributed by atoms with E-state index in [1.165, 1.54) is 6.07 Å². The molecule has 0 radical (unpaired) electrons. The summed E-state index contributed by atoms with van der Waals surface area (Å²) in [7, 11) is 0. The number of halogens is 3. The SMILES string of the molecule is O=C(C1CN(c2ccc(C(F)(F)F)cn2)C1)N1CCCC1. The van der Waals surface area contributed by atoms with Gasteiger partial charge in [-0.2, -0.15) is 13.2 Å². The van der Waals surface area contributed by atoms with Crippen molar-refractivity contribution in [2.45, 2.75) is 19.0 Å². The monoisotopic (exact) mass is 299 g/mol. The number of aromatic nitrogens is 1. The summed E-state index contributed by atoms with van der Waals surface area (Å²) in [5.74, 6) is 0.608. The van der Waals surface area contributed by atoms with Crippen molar-refractivity contribution < 1.29 is 18.0 Å². The number of hydrogen-bond acceptors (Lipinski definition) is 3. The van der Waals surface area contributed by atoms with Crippen LogP contribution in [0.3, 0.4) is 0 Å². The van der Waals surface area contributed by atoms with Crippen LogP contribution in [-0.4, -0.2) is 42.0 Å². The van der Waals surface area contributed by atoms with E-state index >= 15 is 0 Å². The van der Waals surface area contributed by atoms with Crippen LogP contribution < -0.4 is 4.90 Å². The fourth-order valence-electron chi connectivity index (χ4n) is 2.76. The summed E-state index contributed by atoms with van der Waals surface area (Å²) in [5.41, 5.74) is -0.753. The number of carbonyl (C=O) groups is 1. The first-order chi connectivity index (χ1) is 9.95. The average molecular weight is 299 g/mol. The van der Waals surface area contributed by atoms with E-state index in [0.717, 1.165) is 38.2 Å². The molecule has 1 aromatic rings. The molecule has 1 amide bonds. The highest BCUT2D eigenvalue weighted by atomic mass is 19.4. The second-order valence-electron chi connectivity index (χ2n) is 5.54. The van der Waals surface area contributed by atoms with E-state index in [-0.39, 0.29) is 11.8 Å². The highest BCUT2D eigenvalue weighted by Crippen LogP contribution is 2.31. The third-order valence-corrected chi connectivity index (χ3v) is 4.05. The van der Waals surface area contributed by atoms with Crippen molar-refractivity contribution >= 4 is 11.7 Å². The van der Waals surface area contributed by atoms with E-state index in [4.69, 9.17) is 0 Å². The van der Waals surface area contributed by atoms with Gasteiger partial charge in [0.25, 0.3) is 0 Å². The van der Waals surface area contributed by atoms with Gasteiger partial charge in [-0.05, 0) is 25.0 Å². The molecule has 0 aliphatic carbocycles. The second-order valence-corrected chi connectivity index (χ2v) is 5.54. The van der Waals surface area contributed by atoms with E-state index < -0.39 is 11.7 Å². The summed E-state index contributed by atoms with van der Waals surface area (Å²) in [6, 6.07) is 2.39. The van der Waals surface area contributed by atoms with Crippen LogP contribution in [0.2, 0.25) is 0 Å². The number of amides is 1. The number of pyridine rings is 1. The highest BCUT2D eigenvalue weighted by molar-refractivity contribution is 5.82. The second kappa shape index (κ2) is 5.20. The molecule has 0 saturated carbocycles. The van der Waals surface area contributed by atoms with Gasteiger partial charge in [0, 0.05) is 32.4 Å². The molecular weight excluding hydrogens is 283 g/mol. The van der Waals surface area contributed by atoms with E-state index in [0.29, 0.717) is 18.9 Å². The van der Waals surface area contributed by atoms with E-state index in [2.05, 4.69) is 4.98 Å². The molecule has 0 atom stereocenters. The molecule has 2 aliphatic heterocycles. The first-order valence-electron chi connectivity index (χ1n) is 7.02. The normalized spacial score (nSPS) is 19.8. The Kier molecular flexibility index (Phi) is 3.51. The number of carbonyl (C=O) groups excluding carboxylic acids is 1. The van der Waals surface area contributed by atoms with Crippen LogP contribution in [0.4, 0.5) is 19.0 Å². The summed E-state index contributed by atoms with van der Waals surface area (Å²) >= 11 is 0. The molecule has 2 aliphatic rings. The van der Waals surface area contributed by atoms with Gasteiger partial charge in [0.2, 0.25) is 5.91 Å². The van der Waals surface area contributed by atoms with Gasteiger partial charge in [0.05, 0.1) is 11.5 Å². The molecule has 0 aromatic carbocycles. The van der Waals surface area contributed by atoms with Crippen molar-refractivity contribution in [3.05, 3.63) is 23.9 Å². The van der Waals surface area contributed by atoms with Crippen LogP contribution in [0.1, 0.15) is 18.4 Å². The highest BCUT2D eigenvalue weighted by Gasteiger charge is 2.37. The summed E-state index contributed by atoms with van der Waals surface area (Å²) < 4.78 is 37.4. The molecule has 3 rings (SSSR count). The standard InChI is InChI=1S/C14H16F3N3O/c15-14(16,17)11-3-4-12(18-7-11)20-8-10(9-20)13(21)19-5-1-2-6-19/h3-4,7,10H,1-2,5-6,8-9H2. The van der Waals surface area contributed by atoms with E-state index in [1.54, 1.807) is 0 Å². The zero-order valence-electron chi connectivity index (χ0n) is 11.4. The van der Waals surface area contributed by atoms with Crippen LogP contribution in [0, 0.1) is 5.92 Å². The minimum Gasteiger partial charge on any atom is -0.355 e. The maximum Gasteiger partial charge on any atom is 0.417 e. The van der Waals surface area contributed by atoms with Gasteiger partial charge in [-0.3, -0.25) is 4.79 Å². The largest absolute Gasteiger partial charge is 0.417 e. The Morgan fingerprint density at radius 1 is 1.19 bits per heavy atom. The van der Waals surface area contributed by atoms with Crippen LogP contribution in [0.25, 0.3) is 0 Å². The van der Waals surface area contributed by atoms with Crippen molar-refractivity contribution in [1.82, 2.24) is 9.88 Å². The lowest BCUT2D eigenvalue weighted by molar-refractivity contribution is -0.137. The summed E-state index contributed by atoms with van der Waals surface area (Å²) in [6.45, 7) is 2.73. The molecule has 3 heterocycles. The molecule has 0 N–H and O–H groups in total. The number of alkyl halides is 3. The quantitative estimate of drug-likeness (QED) is 0.839. The Labute approximate surface area is 120 Å². The molecule has 4 nitrogen and oxygen atoms in total. The molecule has 7 heteroatoms. The molecule has 0 bridgehead atoms. The Bertz CT molecular complexity index is 517. The molecule has 21 heavy (non-hydrogen) atoms. The zero-order chi connectivity index (χ0) is 15.0. The molecule has 2 fully saturated rings. The Balaban J connectivity index is 1.57. The minimum absolute atomic E-state index is 0.0489. The molecular formula is C14H16F3N3O. The Morgan fingerprint density at radius 3 is 2.38 bits per heavy atom. The number of likely N-dealkylation sites (tertiary alicyclic amines) is 1. The Hall–Kier alpha value is -1.79. The van der Waals surface area contributed by atoms with Gasteiger partial charge < -0.3 is 9.80 Å². The lowest BCUT2D eigenvalue weighted by Gasteiger charge is -2.40. The van der Waals surface area contributed by atoms with Crippen molar-refractivity contribution in [1.29, 1.82) is 0 Å². The topological polar surface area (TPSA) is 36.4 Å². The number of anilines is 1. The van der Waals surface area contributed by atoms with Gasteiger partial charge in [-0.25, -0.2) is 4.98 Å². The van der Waals surface area contributed by atoms with Gasteiger partial charge in [-0.15, -0.1) is 0 Å². The molecule has 1 aromatic heterocycles. The minimum atomic E-state index is -4.37. The van der Waals surface area contributed by atoms with Crippen LogP contribution in [-0.2, 0) is 11.0 Å². The third-order valence-electron chi connectivity index (χ3n) is 4.05. The fourth-order valence-corrected chi connectivity index (χ4v) is 2.76. The fraction of sp³-hybridized carbons (Fsp3) is 0.571. The van der Waals surface area contributed by atoms with Crippen molar-refractivity contribution in [3.63, 3.8) is 0 Å². The average Bonchev–Trinajstić information content (AvgIpc) is 2.90. The summed E-state index contributed by atoms with van der Waals surface area (Å²) in [5, 5.41) is 0. The van der Waals surface area contributed by atoms with Gasteiger partial charge in [-0.1, -0.05) is 0 Å². The summed E-state index contributed by atoms with van der Waals surface area (Å²) in [4.78, 5) is 19.7. The van der Waals surface area contributed by atoms with Crippen molar-refractivity contribution in [2.24, 2.45) is 5.92 Å². The smallest absolute Gasteiger partial charge is 0.355 e. The predicted molar refractivity (Wildman–Crippen MR) is 70.8 cm³/mol. The molecule has 0 spiro atoms. The van der Waals surface area contributed by atoms with Crippen molar-refractivity contribution in [2.75, 3.05) is 31.1 Å². The molecule has 2 saturated heterocycles. The lowest BCUT2D eigenvalue weighted by Crippen LogP contribution is -2.54. The van der Waals surface area contributed by atoms with Crippen LogP contribution in [0.15, 0.2) is 18.3 Å². The lowest BCUT2D eigenvalue weighted by atomic mass is 9.98. The van der Waals surface area contributed by atoms with Crippen molar-refractivity contribution in [3.8, 4) is 0 Å². The first-order valence-corrected chi connectivity index (χ1v) is 7.02. The third kappa shape index (κ3) is 2.82. The Morgan fingerprint density at radius 2 is 1.86 bits per heavy atom. The zero-order valence-corrected chi connectivity index (χ0v) is 11.4. The molecule has 114 valence electrons. The number of rotatable bonds is 2. The van der Waals surface area contributed by atoms with E-state index in [1.807, 2.05) is 9.80 Å². The van der Waals surface area contributed by atoms with Crippen LogP contribution in [0.5, 0.6) is 0 Å². The summed E-state index contributed by atoms with van der Waals surface area (Å²) in [6.07, 6.45) is -1.41. The van der Waals surface area contributed by atoms with Crippen LogP contribution >= 0.6 is 0 Å². The molecule has 0 unspecified atom stereocenters.